The van der Waals surface area contributed by atoms with Gasteiger partial charge >= 0.3 is 0 Å². The average molecular weight is 377 g/mol. The van der Waals surface area contributed by atoms with Gasteiger partial charge in [0, 0.05) is 44.4 Å². The summed E-state index contributed by atoms with van der Waals surface area (Å²) in [5.74, 6) is 1.04. The van der Waals surface area contributed by atoms with Crippen LogP contribution in [0.25, 0.3) is 0 Å². The molecule has 2 atom stereocenters. The second kappa shape index (κ2) is 8.58. The van der Waals surface area contributed by atoms with Gasteiger partial charge in [0.1, 0.15) is 17.6 Å². The Hall–Kier alpha value is -2.32. The highest BCUT2D eigenvalue weighted by Gasteiger charge is 2.34. The van der Waals surface area contributed by atoms with E-state index < -0.39 is 6.10 Å². The van der Waals surface area contributed by atoms with Crippen molar-refractivity contribution in [1.82, 2.24) is 9.80 Å². The molecule has 2 amide bonds. The summed E-state index contributed by atoms with van der Waals surface area (Å²) in [6, 6.07) is 5.12. The summed E-state index contributed by atoms with van der Waals surface area (Å²) in [5.41, 5.74) is 6.12. The maximum Gasteiger partial charge on any atom is 0.254 e. The van der Waals surface area contributed by atoms with E-state index in [0.29, 0.717) is 56.2 Å². The molecule has 2 fully saturated rings. The lowest BCUT2D eigenvalue weighted by Gasteiger charge is -2.36. The van der Waals surface area contributed by atoms with Gasteiger partial charge in [-0.2, -0.15) is 0 Å². The molecule has 1 aromatic rings. The van der Waals surface area contributed by atoms with Gasteiger partial charge in [0.05, 0.1) is 20.3 Å². The summed E-state index contributed by atoms with van der Waals surface area (Å²) in [4.78, 5) is 28.9. The van der Waals surface area contributed by atoms with Gasteiger partial charge in [-0.15, -0.1) is 0 Å². The Morgan fingerprint density at radius 1 is 1.04 bits per heavy atom. The minimum atomic E-state index is -0.400. The van der Waals surface area contributed by atoms with Crippen molar-refractivity contribution in [2.45, 2.75) is 25.0 Å². The Bertz CT molecular complexity index is 666. The number of rotatable bonds is 5. The van der Waals surface area contributed by atoms with Gasteiger partial charge in [0.25, 0.3) is 11.8 Å². The molecule has 0 radical (unpaired) electrons. The molecule has 3 rings (SSSR count). The predicted molar refractivity (Wildman–Crippen MR) is 99.0 cm³/mol. The van der Waals surface area contributed by atoms with Gasteiger partial charge in [-0.3, -0.25) is 9.59 Å². The number of amides is 2. The first-order chi connectivity index (χ1) is 13.0. The van der Waals surface area contributed by atoms with E-state index in [4.69, 9.17) is 19.9 Å². The van der Waals surface area contributed by atoms with Gasteiger partial charge in [0.15, 0.2) is 0 Å². The Labute approximate surface area is 159 Å². The summed E-state index contributed by atoms with van der Waals surface area (Å²) in [7, 11) is 3.10. The van der Waals surface area contributed by atoms with Crippen molar-refractivity contribution in [3.8, 4) is 11.5 Å². The fourth-order valence-electron chi connectivity index (χ4n) is 3.51. The molecule has 2 aliphatic heterocycles. The van der Waals surface area contributed by atoms with Gasteiger partial charge in [-0.25, -0.2) is 0 Å². The molecule has 2 saturated heterocycles. The van der Waals surface area contributed by atoms with Crippen LogP contribution in [-0.4, -0.2) is 80.8 Å². The lowest BCUT2D eigenvalue weighted by Crippen LogP contribution is -2.53. The number of carbonyl (C=O) groups excluding carboxylic acids is 2. The number of carbonyl (C=O) groups is 2. The summed E-state index contributed by atoms with van der Waals surface area (Å²) in [5, 5.41) is 0. The van der Waals surface area contributed by atoms with E-state index >= 15 is 0 Å². The second-order valence-corrected chi connectivity index (χ2v) is 6.78. The van der Waals surface area contributed by atoms with Crippen LogP contribution in [0.4, 0.5) is 0 Å². The van der Waals surface area contributed by atoms with Crippen LogP contribution >= 0.6 is 0 Å². The van der Waals surface area contributed by atoms with Crippen LogP contribution in [0.2, 0.25) is 0 Å². The average Bonchev–Trinajstić information content (AvgIpc) is 3.21. The van der Waals surface area contributed by atoms with Crippen LogP contribution in [-0.2, 0) is 9.53 Å². The lowest BCUT2D eigenvalue weighted by atomic mass is 10.1. The van der Waals surface area contributed by atoms with Gasteiger partial charge < -0.3 is 29.7 Å². The first-order valence-corrected chi connectivity index (χ1v) is 9.22. The molecule has 0 aromatic heterocycles. The molecule has 1 aromatic carbocycles. The maximum atomic E-state index is 12.8. The number of nitrogens with zero attached hydrogens (tertiary/aromatic N) is 2. The highest BCUT2D eigenvalue weighted by molar-refractivity contribution is 5.95. The number of benzene rings is 1. The number of methoxy groups -OCH3 is 2. The van der Waals surface area contributed by atoms with E-state index in [1.165, 1.54) is 0 Å². The van der Waals surface area contributed by atoms with E-state index in [9.17, 15) is 9.59 Å². The molecule has 0 bridgehead atoms. The molecule has 2 heterocycles. The van der Waals surface area contributed by atoms with Crippen LogP contribution in [0, 0.1) is 0 Å². The Morgan fingerprint density at radius 2 is 1.63 bits per heavy atom. The third kappa shape index (κ3) is 4.33. The number of ether oxygens (including phenoxy) is 3. The van der Waals surface area contributed by atoms with E-state index in [1.807, 2.05) is 0 Å². The molecule has 0 aliphatic carbocycles. The largest absolute Gasteiger partial charge is 0.497 e. The highest BCUT2D eigenvalue weighted by atomic mass is 16.5. The molecule has 148 valence electrons. The van der Waals surface area contributed by atoms with Crippen molar-refractivity contribution in [3.05, 3.63) is 23.8 Å². The quantitative estimate of drug-likeness (QED) is 0.803. The Balaban J connectivity index is 1.59. The molecule has 8 nitrogen and oxygen atoms in total. The van der Waals surface area contributed by atoms with Crippen molar-refractivity contribution in [3.63, 3.8) is 0 Å². The third-order valence-corrected chi connectivity index (χ3v) is 5.12. The molecule has 0 spiro atoms. The van der Waals surface area contributed by atoms with E-state index in [2.05, 4.69) is 0 Å². The normalized spacial score (nSPS) is 22.6. The number of piperazine rings is 1. The zero-order chi connectivity index (χ0) is 19.4. The molecule has 8 heteroatoms. The summed E-state index contributed by atoms with van der Waals surface area (Å²) in [6.07, 6.45) is 1.11. The fraction of sp³-hybridized carbons (Fsp3) is 0.579. The lowest BCUT2D eigenvalue weighted by molar-refractivity contribution is -0.144. The van der Waals surface area contributed by atoms with Crippen molar-refractivity contribution >= 4 is 11.8 Å². The van der Waals surface area contributed by atoms with E-state index in [0.717, 1.165) is 6.42 Å². The zero-order valence-corrected chi connectivity index (χ0v) is 15.8. The molecular weight excluding hydrogens is 350 g/mol. The molecule has 0 saturated carbocycles. The minimum absolute atomic E-state index is 0.00102. The summed E-state index contributed by atoms with van der Waals surface area (Å²) >= 11 is 0. The van der Waals surface area contributed by atoms with Crippen LogP contribution in [0.3, 0.4) is 0 Å². The third-order valence-electron chi connectivity index (χ3n) is 5.12. The molecule has 0 unspecified atom stereocenters. The molecule has 2 aliphatic rings. The Kier molecular flexibility index (Phi) is 6.18. The second-order valence-electron chi connectivity index (χ2n) is 6.78. The zero-order valence-electron chi connectivity index (χ0n) is 15.8. The van der Waals surface area contributed by atoms with Crippen LogP contribution in [0.15, 0.2) is 18.2 Å². The van der Waals surface area contributed by atoms with Crippen molar-refractivity contribution in [2.75, 3.05) is 46.9 Å². The molecule has 27 heavy (non-hydrogen) atoms. The molecule has 2 N–H and O–H groups in total. The highest BCUT2D eigenvalue weighted by Crippen LogP contribution is 2.24. The Morgan fingerprint density at radius 3 is 2.15 bits per heavy atom. The molecular formula is C19H27N3O5. The topological polar surface area (TPSA) is 94.3 Å². The number of hydrogen-bond donors (Lipinski definition) is 1. The van der Waals surface area contributed by atoms with Crippen LogP contribution in [0.1, 0.15) is 23.2 Å². The number of hydrogen-bond acceptors (Lipinski definition) is 6. The van der Waals surface area contributed by atoms with Gasteiger partial charge in [-0.05, 0) is 25.0 Å². The monoisotopic (exact) mass is 377 g/mol. The smallest absolute Gasteiger partial charge is 0.254 e. The van der Waals surface area contributed by atoms with Crippen LogP contribution in [0.5, 0.6) is 11.5 Å². The van der Waals surface area contributed by atoms with Crippen molar-refractivity contribution < 1.29 is 23.8 Å². The first kappa shape index (κ1) is 19.4. The SMILES string of the molecule is COc1cc(OC)cc(C(=O)N2CCN(C(=O)[C@@H]3CC[C@H](CN)O3)CC2)c1. The van der Waals surface area contributed by atoms with Gasteiger partial charge in [-0.1, -0.05) is 0 Å². The first-order valence-electron chi connectivity index (χ1n) is 9.22. The summed E-state index contributed by atoms with van der Waals surface area (Å²) in [6.45, 7) is 2.40. The van der Waals surface area contributed by atoms with Gasteiger partial charge in [0.2, 0.25) is 0 Å². The van der Waals surface area contributed by atoms with Crippen molar-refractivity contribution in [2.24, 2.45) is 5.73 Å². The number of nitrogens with two attached hydrogens (primary N) is 1. The minimum Gasteiger partial charge on any atom is -0.497 e. The van der Waals surface area contributed by atoms with E-state index in [-0.39, 0.29) is 17.9 Å². The standard InChI is InChI=1S/C19H27N3O5/c1-25-15-9-13(10-16(11-15)26-2)18(23)21-5-7-22(8-6-21)19(24)17-4-3-14(12-20)27-17/h9-11,14,17H,3-8,12,20H2,1-2H3/t14-,17+/m1/s1. The maximum absolute atomic E-state index is 12.8. The van der Waals surface area contributed by atoms with Crippen LogP contribution < -0.4 is 15.2 Å². The summed E-state index contributed by atoms with van der Waals surface area (Å²) < 4.78 is 16.2. The van der Waals surface area contributed by atoms with Crippen molar-refractivity contribution in [1.29, 1.82) is 0 Å². The predicted octanol–water partition coefficient (Wildman–Crippen LogP) is 0.495. The fourth-order valence-corrected chi connectivity index (χ4v) is 3.51. The van der Waals surface area contributed by atoms with E-state index in [1.54, 1.807) is 42.2 Å².